The van der Waals surface area contributed by atoms with Gasteiger partial charge in [0.15, 0.2) is 0 Å². The van der Waals surface area contributed by atoms with E-state index < -0.39 is 5.54 Å². The largest absolute Gasteiger partial charge is 0.467 e. The van der Waals surface area contributed by atoms with Gasteiger partial charge in [0.2, 0.25) is 5.91 Å². The van der Waals surface area contributed by atoms with Gasteiger partial charge in [0.05, 0.1) is 7.11 Å². The van der Waals surface area contributed by atoms with Crippen LogP contribution in [0.4, 0.5) is 0 Å². The van der Waals surface area contributed by atoms with Crippen LogP contribution in [0.25, 0.3) is 0 Å². The number of hydrogen-bond donors (Lipinski definition) is 2. The maximum Gasteiger partial charge on any atom is 0.331 e. The topological polar surface area (TPSA) is 67.4 Å². The highest BCUT2D eigenvalue weighted by Gasteiger charge is 2.35. The van der Waals surface area contributed by atoms with Crippen LogP contribution in [0, 0.1) is 0 Å². The summed E-state index contributed by atoms with van der Waals surface area (Å²) < 4.78 is 4.79. The average molecular weight is 288 g/mol. The fourth-order valence-corrected chi connectivity index (χ4v) is 3.22. The van der Waals surface area contributed by atoms with Crippen LogP contribution in [0.3, 0.4) is 0 Å². The summed E-state index contributed by atoms with van der Waals surface area (Å²) in [6, 6.07) is 0.197. The van der Waals surface area contributed by atoms with Crippen molar-refractivity contribution in [1.29, 1.82) is 0 Å². The number of nitrogens with one attached hydrogen (secondary N) is 2. The third-order valence-electron chi connectivity index (χ3n) is 3.23. The molecule has 5 nitrogen and oxygen atoms in total. The Morgan fingerprint density at radius 3 is 2.79 bits per heavy atom. The molecule has 1 amide bonds. The van der Waals surface area contributed by atoms with E-state index in [4.69, 9.17) is 4.74 Å². The number of carbonyl (C=O) groups excluding carboxylic acids is 2. The third kappa shape index (κ3) is 5.03. The molecule has 1 heterocycles. The Morgan fingerprint density at radius 2 is 2.26 bits per heavy atom. The highest BCUT2D eigenvalue weighted by atomic mass is 32.2. The molecule has 1 aliphatic rings. The van der Waals surface area contributed by atoms with Crippen molar-refractivity contribution in [2.45, 2.75) is 44.7 Å². The van der Waals surface area contributed by atoms with Gasteiger partial charge >= 0.3 is 5.97 Å². The number of rotatable bonds is 6. The second kappa shape index (κ2) is 7.75. The summed E-state index contributed by atoms with van der Waals surface area (Å²) in [5, 5.41) is 6.14. The van der Waals surface area contributed by atoms with Crippen LogP contribution in [0.2, 0.25) is 0 Å². The Labute approximate surface area is 119 Å². The monoisotopic (exact) mass is 288 g/mol. The number of thioether (sulfide) groups is 1. The Hall–Kier alpha value is -0.750. The van der Waals surface area contributed by atoms with Crippen LogP contribution in [-0.2, 0) is 14.3 Å². The van der Waals surface area contributed by atoms with Crippen molar-refractivity contribution >= 4 is 23.6 Å². The van der Waals surface area contributed by atoms with Crippen LogP contribution < -0.4 is 10.6 Å². The number of methoxy groups -OCH3 is 1. The Kier molecular flexibility index (Phi) is 6.65. The summed E-state index contributed by atoms with van der Waals surface area (Å²) in [5.41, 5.74) is -0.914. The van der Waals surface area contributed by atoms with Gasteiger partial charge in [0.1, 0.15) is 5.54 Å². The van der Waals surface area contributed by atoms with Gasteiger partial charge in [-0.15, -0.1) is 0 Å². The fourth-order valence-electron chi connectivity index (χ4n) is 2.27. The molecule has 6 heteroatoms. The predicted molar refractivity (Wildman–Crippen MR) is 77.2 cm³/mol. The van der Waals surface area contributed by atoms with E-state index in [-0.39, 0.29) is 17.9 Å². The van der Waals surface area contributed by atoms with Gasteiger partial charge in [0, 0.05) is 30.5 Å². The van der Waals surface area contributed by atoms with E-state index in [1.807, 2.05) is 18.7 Å². The normalized spacial score (nSPS) is 22.4. The highest BCUT2D eigenvalue weighted by Crippen LogP contribution is 2.16. The van der Waals surface area contributed by atoms with Crippen LogP contribution in [0.1, 0.15) is 33.1 Å². The minimum Gasteiger partial charge on any atom is -0.467 e. The number of ether oxygens (including phenoxy) is 1. The minimum atomic E-state index is -0.914. The van der Waals surface area contributed by atoms with E-state index in [1.165, 1.54) is 7.11 Å². The lowest BCUT2D eigenvalue weighted by Gasteiger charge is -2.29. The van der Waals surface area contributed by atoms with Crippen molar-refractivity contribution in [2.75, 3.05) is 25.2 Å². The van der Waals surface area contributed by atoms with Gasteiger partial charge in [-0.2, -0.15) is 11.8 Å². The third-order valence-corrected chi connectivity index (χ3v) is 4.36. The molecule has 1 saturated heterocycles. The van der Waals surface area contributed by atoms with Crippen LogP contribution in [0.5, 0.6) is 0 Å². The molecule has 1 rings (SSSR count). The molecule has 0 aliphatic carbocycles. The second-order valence-electron chi connectivity index (χ2n) is 5.05. The SMILES string of the molecule is CCCC(C)(NC(=O)CC1CSCCN1)C(=O)OC. The van der Waals surface area contributed by atoms with E-state index >= 15 is 0 Å². The number of esters is 1. The van der Waals surface area contributed by atoms with Crippen LogP contribution in [0.15, 0.2) is 0 Å². The van der Waals surface area contributed by atoms with Crippen molar-refractivity contribution in [3.05, 3.63) is 0 Å². The number of amides is 1. The fraction of sp³-hybridized carbons (Fsp3) is 0.846. The first-order chi connectivity index (χ1) is 9.01. The minimum absolute atomic E-state index is 0.0960. The molecule has 0 spiro atoms. The lowest BCUT2D eigenvalue weighted by Crippen LogP contribution is -2.54. The molecule has 110 valence electrons. The lowest BCUT2D eigenvalue weighted by molar-refractivity contribution is -0.150. The van der Waals surface area contributed by atoms with E-state index in [9.17, 15) is 9.59 Å². The van der Waals surface area contributed by atoms with Gasteiger partial charge < -0.3 is 15.4 Å². The lowest BCUT2D eigenvalue weighted by atomic mass is 9.95. The summed E-state index contributed by atoms with van der Waals surface area (Å²) in [7, 11) is 1.35. The molecule has 0 saturated carbocycles. The number of carbonyl (C=O) groups is 2. The quantitative estimate of drug-likeness (QED) is 0.712. The zero-order chi connectivity index (χ0) is 14.3. The zero-order valence-electron chi connectivity index (χ0n) is 12.0. The van der Waals surface area contributed by atoms with Gasteiger partial charge in [0.25, 0.3) is 0 Å². The first-order valence-electron chi connectivity index (χ1n) is 6.72. The van der Waals surface area contributed by atoms with Gasteiger partial charge in [-0.1, -0.05) is 13.3 Å². The summed E-state index contributed by atoms with van der Waals surface area (Å²) in [6.45, 7) is 4.64. The molecule has 2 atom stereocenters. The first kappa shape index (κ1) is 16.3. The first-order valence-corrected chi connectivity index (χ1v) is 7.88. The molecule has 0 radical (unpaired) electrons. The van der Waals surface area contributed by atoms with Crippen molar-refractivity contribution in [3.8, 4) is 0 Å². The van der Waals surface area contributed by atoms with Crippen LogP contribution in [-0.4, -0.2) is 48.6 Å². The molecule has 19 heavy (non-hydrogen) atoms. The summed E-state index contributed by atoms with van der Waals surface area (Å²) in [6.07, 6.45) is 1.80. The molecule has 1 aliphatic heterocycles. The summed E-state index contributed by atoms with van der Waals surface area (Å²) >= 11 is 1.85. The zero-order valence-corrected chi connectivity index (χ0v) is 12.8. The Bertz CT molecular complexity index is 319. The van der Waals surface area contributed by atoms with Gasteiger partial charge in [-0.25, -0.2) is 4.79 Å². The maximum atomic E-state index is 12.1. The Balaban J connectivity index is 2.53. The summed E-state index contributed by atoms with van der Waals surface area (Å²) in [5.74, 6) is 1.55. The molecule has 0 aromatic carbocycles. The maximum absolute atomic E-state index is 12.1. The van der Waals surface area contributed by atoms with Crippen molar-refractivity contribution in [1.82, 2.24) is 10.6 Å². The van der Waals surface area contributed by atoms with Crippen molar-refractivity contribution in [2.24, 2.45) is 0 Å². The molecule has 2 unspecified atom stereocenters. The second-order valence-corrected chi connectivity index (χ2v) is 6.20. The molecular weight excluding hydrogens is 264 g/mol. The molecule has 2 N–H and O–H groups in total. The smallest absolute Gasteiger partial charge is 0.331 e. The van der Waals surface area contributed by atoms with E-state index in [0.29, 0.717) is 12.8 Å². The summed E-state index contributed by atoms with van der Waals surface area (Å²) in [4.78, 5) is 23.8. The molecule has 0 aromatic heterocycles. The van der Waals surface area contributed by atoms with Gasteiger partial charge in [-0.05, 0) is 13.3 Å². The van der Waals surface area contributed by atoms with Crippen LogP contribution >= 0.6 is 11.8 Å². The van der Waals surface area contributed by atoms with Crippen molar-refractivity contribution < 1.29 is 14.3 Å². The molecular formula is C13H24N2O3S. The van der Waals surface area contributed by atoms with E-state index in [2.05, 4.69) is 10.6 Å². The molecule has 0 bridgehead atoms. The van der Waals surface area contributed by atoms with E-state index in [0.717, 1.165) is 24.5 Å². The number of hydrogen-bond acceptors (Lipinski definition) is 5. The molecule has 0 aromatic rings. The Morgan fingerprint density at radius 1 is 1.53 bits per heavy atom. The van der Waals surface area contributed by atoms with Gasteiger partial charge in [-0.3, -0.25) is 4.79 Å². The standard InChI is InChI=1S/C13H24N2O3S/c1-4-5-13(2,12(17)18-3)15-11(16)8-10-9-19-7-6-14-10/h10,14H,4-9H2,1-3H3,(H,15,16). The molecule has 1 fully saturated rings. The van der Waals surface area contributed by atoms with Crippen molar-refractivity contribution in [3.63, 3.8) is 0 Å². The average Bonchev–Trinajstić information content (AvgIpc) is 2.38. The highest BCUT2D eigenvalue weighted by molar-refractivity contribution is 7.99. The van der Waals surface area contributed by atoms with E-state index in [1.54, 1.807) is 6.92 Å². The predicted octanol–water partition coefficient (Wildman–Crippen LogP) is 0.929.